The first-order valence-corrected chi connectivity index (χ1v) is 12.4. The second-order valence-corrected chi connectivity index (χ2v) is 9.07. The van der Waals surface area contributed by atoms with E-state index < -0.39 is 0 Å². The quantitative estimate of drug-likeness (QED) is 0.362. The molecular formula is C29H36N4. The SMILES string of the molecule is C=C/C(=N\c1cc(Nc2cc(CC)cc(CC)c2)ccc1C)c1cnn(C2CCCCC2)c1. The number of hydrogen-bond acceptors (Lipinski definition) is 3. The van der Waals surface area contributed by atoms with E-state index >= 15 is 0 Å². The Morgan fingerprint density at radius 2 is 1.79 bits per heavy atom. The molecule has 0 radical (unpaired) electrons. The van der Waals surface area contributed by atoms with Gasteiger partial charge >= 0.3 is 0 Å². The lowest BCUT2D eigenvalue weighted by Crippen LogP contribution is -2.13. The van der Waals surface area contributed by atoms with E-state index in [1.54, 1.807) is 0 Å². The molecule has 1 heterocycles. The minimum atomic E-state index is 0.514. The van der Waals surface area contributed by atoms with Crippen LogP contribution >= 0.6 is 0 Å². The lowest BCUT2D eigenvalue weighted by atomic mass is 9.96. The van der Waals surface area contributed by atoms with Gasteiger partial charge in [0.05, 0.1) is 23.6 Å². The van der Waals surface area contributed by atoms with E-state index in [1.165, 1.54) is 43.2 Å². The first kappa shape index (κ1) is 23.0. The molecule has 4 rings (SSSR count). The van der Waals surface area contributed by atoms with Gasteiger partial charge in [0.25, 0.3) is 0 Å². The van der Waals surface area contributed by atoms with Crippen molar-refractivity contribution < 1.29 is 0 Å². The van der Waals surface area contributed by atoms with E-state index in [0.29, 0.717) is 6.04 Å². The van der Waals surface area contributed by atoms with Gasteiger partial charge in [0, 0.05) is 23.1 Å². The maximum Gasteiger partial charge on any atom is 0.0735 e. The van der Waals surface area contributed by atoms with Crippen LogP contribution in [-0.4, -0.2) is 15.5 Å². The second-order valence-electron chi connectivity index (χ2n) is 9.07. The van der Waals surface area contributed by atoms with Gasteiger partial charge < -0.3 is 5.32 Å². The predicted molar refractivity (Wildman–Crippen MR) is 140 cm³/mol. The fourth-order valence-electron chi connectivity index (χ4n) is 4.59. The fourth-order valence-corrected chi connectivity index (χ4v) is 4.59. The van der Waals surface area contributed by atoms with Crippen LogP contribution in [0.4, 0.5) is 17.1 Å². The highest BCUT2D eigenvalue weighted by atomic mass is 15.3. The molecule has 1 N–H and O–H groups in total. The molecule has 172 valence electrons. The van der Waals surface area contributed by atoms with Crippen LogP contribution in [0.25, 0.3) is 0 Å². The molecule has 1 aliphatic carbocycles. The molecule has 1 aliphatic rings. The van der Waals surface area contributed by atoms with Crippen molar-refractivity contribution in [3.8, 4) is 0 Å². The average molecular weight is 441 g/mol. The number of nitrogens with zero attached hydrogens (tertiary/aromatic N) is 3. The number of aryl methyl sites for hydroxylation is 3. The zero-order valence-electron chi connectivity index (χ0n) is 20.3. The molecule has 0 amide bonds. The maximum atomic E-state index is 4.98. The highest BCUT2D eigenvalue weighted by Crippen LogP contribution is 2.29. The molecule has 0 spiro atoms. The molecule has 1 aromatic heterocycles. The monoisotopic (exact) mass is 440 g/mol. The zero-order chi connectivity index (χ0) is 23.2. The highest BCUT2D eigenvalue weighted by Gasteiger charge is 2.17. The number of benzene rings is 2. The van der Waals surface area contributed by atoms with Gasteiger partial charge in [-0.2, -0.15) is 5.10 Å². The number of nitrogens with one attached hydrogen (secondary N) is 1. The summed E-state index contributed by atoms with van der Waals surface area (Å²) < 4.78 is 2.13. The van der Waals surface area contributed by atoms with E-state index in [4.69, 9.17) is 4.99 Å². The molecule has 33 heavy (non-hydrogen) atoms. The van der Waals surface area contributed by atoms with Crippen molar-refractivity contribution in [2.75, 3.05) is 5.32 Å². The number of rotatable bonds is 8. The maximum absolute atomic E-state index is 4.98. The Balaban J connectivity index is 1.59. The summed E-state index contributed by atoms with van der Waals surface area (Å²) in [6.07, 6.45) is 14.3. The van der Waals surface area contributed by atoms with Crippen LogP contribution in [0.15, 0.2) is 66.4 Å². The van der Waals surface area contributed by atoms with E-state index in [2.05, 4.69) is 85.0 Å². The Hall–Kier alpha value is -3.14. The minimum absolute atomic E-state index is 0.514. The van der Waals surface area contributed by atoms with Gasteiger partial charge in [-0.05, 0) is 79.6 Å². The molecule has 2 aromatic carbocycles. The van der Waals surface area contributed by atoms with Crippen LogP contribution in [0.5, 0.6) is 0 Å². The van der Waals surface area contributed by atoms with Crippen LogP contribution in [-0.2, 0) is 12.8 Å². The molecule has 4 nitrogen and oxygen atoms in total. The van der Waals surface area contributed by atoms with Crippen molar-refractivity contribution in [2.24, 2.45) is 4.99 Å². The normalized spacial score (nSPS) is 14.9. The highest BCUT2D eigenvalue weighted by molar-refractivity contribution is 6.09. The van der Waals surface area contributed by atoms with Crippen molar-refractivity contribution in [1.82, 2.24) is 9.78 Å². The summed E-state index contributed by atoms with van der Waals surface area (Å²) >= 11 is 0. The summed E-state index contributed by atoms with van der Waals surface area (Å²) in [6.45, 7) is 10.5. The van der Waals surface area contributed by atoms with Crippen molar-refractivity contribution in [3.05, 3.63) is 83.7 Å². The minimum Gasteiger partial charge on any atom is -0.355 e. The number of allylic oxidation sites excluding steroid dienone is 1. The van der Waals surface area contributed by atoms with Gasteiger partial charge in [-0.3, -0.25) is 4.68 Å². The van der Waals surface area contributed by atoms with Crippen molar-refractivity contribution in [1.29, 1.82) is 0 Å². The molecule has 0 atom stereocenters. The third-order valence-electron chi connectivity index (χ3n) is 6.65. The second kappa shape index (κ2) is 10.7. The predicted octanol–water partition coefficient (Wildman–Crippen LogP) is 7.87. The summed E-state index contributed by atoms with van der Waals surface area (Å²) in [6, 6.07) is 13.6. The third-order valence-corrected chi connectivity index (χ3v) is 6.65. The summed E-state index contributed by atoms with van der Waals surface area (Å²) in [5, 5.41) is 8.24. The molecule has 0 unspecified atom stereocenters. The Kier molecular flexibility index (Phi) is 7.43. The van der Waals surface area contributed by atoms with E-state index in [-0.39, 0.29) is 0 Å². The van der Waals surface area contributed by atoms with Gasteiger partial charge in [-0.15, -0.1) is 0 Å². The topological polar surface area (TPSA) is 42.2 Å². The smallest absolute Gasteiger partial charge is 0.0735 e. The molecule has 4 heteroatoms. The standard InChI is InChI=1S/C29H36N4/c1-5-22-15-23(6-2)17-26(16-22)31-25-14-13-21(4)29(18-25)32-28(7-3)24-19-30-33(20-24)27-11-9-8-10-12-27/h7,13-20,27,31H,3,5-6,8-12H2,1-2,4H3/b32-28+. The van der Waals surface area contributed by atoms with Crippen molar-refractivity contribution in [2.45, 2.75) is 71.8 Å². The first-order chi connectivity index (χ1) is 16.1. The van der Waals surface area contributed by atoms with Gasteiger partial charge in [0.2, 0.25) is 0 Å². The Morgan fingerprint density at radius 1 is 1.06 bits per heavy atom. The molecule has 0 aliphatic heterocycles. The van der Waals surface area contributed by atoms with Crippen molar-refractivity contribution >= 4 is 22.8 Å². The number of aromatic nitrogens is 2. The van der Waals surface area contributed by atoms with Gasteiger partial charge in [-0.1, -0.05) is 51.8 Å². The van der Waals surface area contributed by atoms with E-state index in [0.717, 1.165) is 46.7 Å². The molecular weight excluding hydrogens is 404 g/mol. The molecule has 0 saturated heterocycles. The Morgan fingerprint density at radius 3 is 2.45 bits per heavy atom. The first-order valence-electron chi connectivity index (χ1n) is 12.4. The van der Waals surface area contributed by atoms with Crippen LogP contribution in [0.2, 0.25) is 0 Å². The number of anilines is 2. The number of aliphatic imine (C=N–C) groups is 1. The summed E-state index contributed by atoms with van der Waals surface area (Å²) in [7, 11) is 0. The lowest BCUT2D eigenvalue weighted by molar-refractivity contribution is 0.329. The van der Waals surface area contributed by atoms with Crippen LogP contribution in [0.1, 0.15) is 74.2 Å². The molecule has 3 aromatic rings. The van der Waals surface area contributed by atoms with Gasteiger partial charge in [-0.25, -0.2) is 4.99 Å². The molecule has 0 bridgehead atoms. The van der Waals surface area contributed by atoms with Crippen LogP contribution in [0, 0.1) is 6.92 Å². The number of hydrogen-bond donors (Lipinski definition) is 1. The fraction of sp³-hybridized carbons (Fsp3) is 0.379. The third kappa shape index (κ3) is 5.62. The van der Waals surface area contributed by atoms with Crippen LogP contribution < -0.4 is 5.32 Å². The Bertz CT molecular complexity index is 1110. The van der Waals surface area contributed by atoms with E-state index in [9.17, 15) is 0 Å². The molecule has 1 saturated carbocycles. The summed E-state index contributed by atoms with van der Waals surface area (Å²) in [5.74, 6) is 0. The van der Waals surface area contributed by atoms with E-state index in [1.807, 2.05) is 12.3 Å². The Labute approximate surface area is 198 Å². The summed E-state index contributed by atoms with van der Waals surface area (Å²) in [4.78, 5) is 4.98. The van der Waals surface area contributed by atoms with Gasteiger partial charge in [0.15, 0.2) is 0 Å². The van der Waals surface area contributed by atoms with Crippen LogP contribution in [0.3, 0.4) is 0 Å². The largest absolute Gasteiger partial charge is 0.355 e. The molecule has 1 fully saturated rings. The van der Waals surface area contributed by atoms with Gasteiger partial charge in [0.1, 0.15) is 0 Å². The zero-order valence-corrected chi connectivity index (χ0v) is 20.3. The lowest BCUT2D eigenvalue weighted by Gasteiger charge is -2.21. The van der Waals surface area contributed by atoms with Crippen molar-refractivity contribution in [3.63, 3.8) is 0 Å². The average Bonchev–Trinajstić information content (AvgIpc) is 3.34. The summed E-state index contributed by atoms with van der Waals surface area (Å²) in [5.41, 5.74) is 8.84.